The van der Waals surface area contributed by atoms with Crippen LogP contribution in [0.25, 0.3) is 0 Å². The van der Waals surface area contributed by atoms with Crippen LogP contribution in [0.15, 0.2) is 0 Å². The lowest BCUT2D eigenvalue weighted by Gasteiger charge is -2.43. The first-order valence-corrected chi connectivity index (χ1v) is 6.53. The molecule has 1 saturated heterocycles. The maximum Gasteiger partial charge on any atom is 0.411 e. The zero-order valence-corrected chi connectivity index (χ0v) is 11.9. The van der Waals surface area contributed by atoms with Gasteiger partial charge in [-0.15, -0.1) is 0 Å². The number of halogens is 3. The van der Waals surface area contributed by atoms with Gasteiger partial charge in [-0.25, -0.2) is 0 Å². The van der Waals surface area contributed by atoms with Crippen molar-refractivity contribution in [2.75, 3.05) is 45.9 Å². The lowest BCUT2D eigenvalue weighted by molar-refractivity contribution is -0.178. The number of nitrogens with two attached hydrogens (primary N) is 1. The lowest BCUT2D eigenvalue weighted by Crippen LogP contribution is -2.58. The minimum Gasteiger partial charge on any atom is -0.362 e. The Morgan fingerprint density at radius 1 is 1.20 bits per heavy atom. The zero-order chi connectivity index (χ0) is 15.4. The number of alkyl halides is 3. The van der Waals surface area contributed by atoms with E-state index in [1.54, 1.807) is 0 Å². The van der Waals surface area contributed by atoms with Gasteiger partial charge in [0.05, 0.1) is 0 Å². The predicted octanol–water partition coefficient (Wildman–Crippen LogP) is 0.447. The van der Waals surface area contributed by atoms with E-state index in [9.17, 15) is 18.0 Å². The normalized spacial score (nSPS) is 18.4. The smallest absolute Gasteiger partial charge is 0.362 e. The SMILES string of the molecule is CC(C)(CN)N1CCN(C(=O)COCC(F)(F)F)CC1. The number of rotatable bonds is 5. The van der Waals surface area contributed by atoms with Gasteiger partial charge in [0.2, 0.25) is 5.91 Å². The summed E-state index contributed by atoms with van der Waals surface area (Å²) in [6, 6.07) is 0. The second kappa shape index (κ2) is 6.73. The molecule has 8 heteroatoms. The first-order valence-electron chi connectivity index (χ1n) is 6.53. The fraction of sp³-hybridized carbons (Fsp3) is 0.917. The number of piperazine rings is 1. The minimum absolute atomic E-state index is 0.137. The molecule has 0 unspecified atom stereocenters. The number of carbonyl (C=O) groups excluding carboxylic acids is 1. The molecule has 0 aromatic heterocycles. The van der Waals surface area contributed by atoms with E-state index in [1.807, 2.05) is 13.8 Å². The van der Waals surface area contributed by atoms with Gasteiger partial charge in [-0.3, -0.25) is 9.69 Å². The molecular formula is C12H22F3N3O2. The minimum atomic E-state index is -4.40. The molecule has 20 heavy (non-hydrogen) atoms. The summed E-state index contributed by atoms with van der Waals surface area (Å²) >= 11 is 0. The van der Waals surface area contributed by atoms with E-state index in [-0.39, 0.29) is 5.54 Å². The summed E-state index contributed by atoms with van der Waals surface area (Å²) in [5.74, 6) is -0.403. The molecule has 0 aromatic carbocycles. The zero-order valence-electron chi connectivity index (χ0n) is 11.9. The third kappa shape index (κ3) is 5.26. The highest BCUT2D eigenvalue weighted by atomic mass is 19.4. The molecule has 0 aliphatic carbocycles. The van der Waals surface area contributed by atoms with Crippen LogP contribution in [-0.2, 0) is 9.53 Å². The third-order valence-electron chi connectivity index (χ3n) is 3.48. The number of nitrogens with zero attached hydrogens (tertiary/aromatic N) is 2. The quantitative estimate of drug-likeness (QED) is 0.800. The molecule has 0 bridgehead atoms. The highest BCUT2D eigenvalue weighted by Crippen LogP contribution is 2.16. The van der Waals surface area contributed by atoms with Crippen molar-refractivity contribution in [2.45, 2.75) is 25.6 Å². The maximum absolute atomic E-state index is 11.9. The molecule has 1 rings (SSSR count). The van der Waals surface area contributed by atoms with Crippen molar-refractivity contribution in [3.63, 3.8) is 0 Å². The summed E-state index contributed by atoms with van der Waals surface area (Å²) in [5.41, 5.74) is 5.55. The molecule has 1 aliphatic heterocycles. The standard InChI is InChI=1S/C12H22F3N3O2/c1-11(2,8-16)18-5-3-17(4-6-18)10(19)7-20-9-12(13,14)15/h3-9,16H2,1-2H3. The van der Waals surface area contributed by atoms with E-state index in [2.05, 4.69) is 9.64 Å². The van der Waals surface area contributed by atoms with E-state index in [4.69, 9.17) is 5.73 Å². The van der Waals surface area contributed by atoms with Gasteiger partial charge < -0.3 is 15.4 Å². The van der Waals surface area contributed by atoms with Crippen molar-refractivity contribution >= 4 is 5.91 Å². The Morgan fingerprint density at radius 3 is 2.20 bits per heavy atom. The van der Waals surface area contributed by atoms with Crippen LogP contribution < -0.4 is 5.73 Å². The second-order valence-electron chi connectivity index (χ2n) is 5.49. The van der Waals surface area contributed by atoms with E-state index < -0.39 is 25.3 Å². The number of hydrogen-bond donors (Lipinski definition) is 1. The van der Waals surface area contributed by atoms with Gasteiger partial charge in [0, 0.05) is 38.3 Å². The Labute approximate surface area is 116 Å². The highest BCUT2D eigenvalue weighted by molar-refractivity contribution is 5.77. The predicted molar refractivity (Wildman–Crippen MR) is 68.2 cm³/mol. The Balaban J connectivity index is 2.33. The molecule has 0 atom stereocenters. The largest absolute Gasteiger partial charge is 0.411 e. The molecule has 118 valence electrons. The Kier molecular flexibility index (Phi) is 5.79. The molecule has 5 nitrogen and oxygen atoms in total. The van der Waals surface area contributed by atoms with Crippen LogP contribution in [0.2, 0.25) is 0 Å². The fourth-order valence-corrected chi connectivity index (χ4v) is 2.04. The molecule has 1 fully saturated rings. The van der Waals surface area contributed by atoms with Gasteiger partial charge >= 0.3 is 6.18 Å². The molecule has 2 N–H and O–H groups in total. The lowest BCUT2D eigenvalue weighted by atomic mass is 10.0. The second-order valence-corrected chi connectivity index (χ2v) is 5.49. The first-order chi connectivity index (χ1) is 9.15. The van der Waals surface area contributed by atoms with Crippen LogP contribution >= 0.6 is 0 Å². The van der Waals surface area contributed by atoms with Crippen LogP contribution in [0.1, 0.15) is 13.8 Å². The first kappa shape index (κ1) is 17.2. The molecule has 0 spiro atoms. The molecular weight excluding hydrogens is 275 g/mol. The van der Waals surface area contributed by atoms with E-state index in [0.29, 0.717) is 32.7 Å². The topological polar surface area (TPSA) is 58.8 Å². The van der Waals surface area contributed by atoms with Gasteiger partial charge in [-0.2, -0.15) is 13.2 Å². The van der Waals surface area contributed by atoms with Crippen LogP contribution in [0, 0.1) is 0 Å². The number of ether oxygens (including phenoxy) is 1. The van der Waals surface area contributed by atoms with Crippen molar-refractivity contribution in [3.05, 3.63) is 0 Å². The van der Waals surface area contributed by atoms with Crippen LogP contribution in [0.3, 0.4) is 0 Å². The molecule has 1 aliphatic rings. The van der Waals surface area contributed by atoms with Crippen LogP contribution in [0.5, 0.6) is 0 Å². The summed E-state index contributed by atoms with van der Waals surface area (Å²) in [4.78, 5) is 15.4. The summed E-state index contributed by atoms with van der Waals surface area (Å²) in [6.07, 6.45) is -4.40. The molecule has 0 radical (unpaired) electrons. The Hall–Kier alpha value is -0.860. The number of carbonyl (C=O) groups is 1. The Morgan fingerprint density at radius 2 is 1.75 bits per heavy atom. The van der Waals surface area contributed by atoms with Crippen molar-refractivity contribution in [1.29, 1.82) is 0 Å². The van der Waals surface area contributed by atoms with E-state index in [0.717, 1.165) is 0 Å². The summed E-state index contributed by atoms with van der Waals surface area (Å²) < 4.78 is 40.1. The summed E-state index contributed by atoms with van der Waals surface area (Å²) in [5, 5.41) is 0. The molecule has 0 aromatic rings. The average Bonchev–Trinajstić information content (AvgIpc) is 2.37. The molecule has 1 heterocycles. The molecule has 0 saturated carbocycles. The van der Waals surface area contributed by atoms with Gasteiger partial charge in [-0.1, -0.05) is 0 Å². The van der Waals surface area contributed by atoms with Crippen molar-refractivity contribution in [1.82, 2.24) is 9.80 Å². The highest BCUT2D eigenvalue weighted by Gasteiger charge is 2.31. The summed E-state index contributed by atoms with van der Waals surface area (Å²) in [6.45, 7) is 4.93. The maximum atomic E-state index is 11.9. The number of amides is 1. The van der Waals surface area contributed by atoms with Crippen molar-refractivity contribution in [3.8, 4) is 0 Å². The monoisotopic (exact) mass is 297 g/mol. The summed E-state index contributed by atoms with van der Waals surface area (Å²) in [7, 11) is 0. The Bertz CT molecular complexity index is 326. The number of hydrogen-bond acceptors (Lipinski definition) is 4. The van der Waals surface area contributed by atoms with Crippen LogP contribution in [-0.4, -0.2) is 73.4 Å². The average molecular weight is 297 g/mol. The van der Waals surface area contributed by atoms with E-state index >= 15 is 0 Å². The van der Waals surface area contributed by atoms with Crippen molar-refractivity contribution in [2.24, 2.45) is 5.73 Å². The third-order valence-corrected chi connectivity index (χ3v) is 3.48. The van der Waals surface area contributed by atoms with Crippen molar-refractivity contribution < 1.29 is 22.7 Å². The van der Waals surface area contributed by atoms with Gasteiger partial charge in [0.15, 0.2) is 0 Å². The fourth-order valence-electron chi connectivity index (χ4n) is 2.04. The molecule has 1 amide bonds. The van der Waals surface area contributed by atoms with Crippen LogP contribution in [0.4, 0.5) is 13.2 Å². The van der Waals surface area contributed by atoms with Gasteiger partial charge in [-0.05, 0) is 13.8 Å². The van der Waals surface area contributed by atoms with E-state index in [1.165, 1.54) is 4.90 Å². The van der Waals surface area contributed by atoms with Gasteiger partial charge in [0.1, 0.15) is 13.2 Å². The van der Waals surface area contributed by atoms with Gasteiger partial charge in [0.25, 0.3) is 0 Å².